The van der Waals surface area contributed by atoms with Crippen molar-refractivity contribution in [3.05, 3.63) is 46.9 Å². The van der Waals surface area contributed by atoms with E-state index in [0.29, 0.717) is 5.88 Å². The van der Waals surface area contributed by atoms with E-state index in [1.807, 2.05) is 12.1 Å². The van der Waals surface area contributed by atoms with Gasteiger partial charge < -0.3 is 10.1 Å². The monoisotopic (exact) mass is 255 g/mol. The largest absolute Gasteiger partial charge is 0.439 e. The van der Waals surface area contributed by atoms with Crippen LogP contribution in [-0.2, 0) is 13.0 Å². The Bertz CT molecular complexity index is 590. The molecule has 0 unspecified atom stereocenters. The first-order valence-corrected chi connectivity index (χ1v) is 6.52. The third-order valence-corrected chi connectivity index (χ3v) is 3.25. The SMILES string of the molecule is Cc1cc(C)cc(Oc2ncnc3c2CNCC3)c1. The second kappa shape index (κ2) is 4.97. The zero-order chi connectivity index (χ0) is 13.2. The molecule has 4 heteroatoms. The molecule has 0 spiro atoms. The van der Waals surface area contributed by atoms with Crippen molar-refractivity contribution in [1.82, 2.24) is 15.3 Å². The quantitative estimate of drug-likeness (QED) is 0.895. The first-order valence-electron chi connectivity index (χ1n) is 6.52. The molecule has 0 bridgehead atoms. The first kappa shape index (κ1) is 12.1. The van der Waals surface area contributed by atoms with Gasteiger partial charge in [0.15, 0.2) is 0 Å². The summed E-state index contributed by atoms with van der Waals surface area (Å²) in [5, 5.41) is 3.33. The molecule has 1 aliphatic rings. The molecule has 2 heterocycles. The predicted molar refractivity (Wildman–Crippen MR) is 73.4 cm³/mol. The van der Waals surface area contributed by atoms with Crippen molar-refractivity contribution >= 4 is 0 Å². The lowest BCUT2D eigenvalue weighted by molar-refractivity contribution is 0.443. The van der Waals surface area contributed by atoms with Crippen LogP contribution in [0.25, 0.3) is 0 Å². The Hall–Kier alpha value is -1.94. The highest BCUT2D eigenvalue weighted by Gasteiger charge is 2.16. The zero-order valence-corrected chi connectivity index (χ0v) is 11.2. The summed E-state index contributed by atoms with van der Waals surface area (Å²) in [6, 6.07) is 6.18. The Balaban J connectivity index is 1.95. The van der Waals surface area contributed by atoms with Crippen LogP contribution in [0.5, 0.6) is 11.6 Å². The Morgan fingerprint density at radius 3 is 2.68 bits per heavy atom. The topological polar surface area (TPSA) is 47.0 Å². The predicted octanol–water partition coefficient (Wildman–Crippen LogP) is 2.53. The Kier molecular flexibility index (Phi) is 3.17. The van der Waals surface area contributed by atoms with Gasteiger partial charge in [0.25, 0.3) is 0 Å². The number of hydrogen-bond donors (Lipinski definition) is 1. The first-order chi connectivity index (χ1) is 9.22. The van der Waals surface area contributed by atoms with E-state index < -0.39 is 0 Å². The van der Waals surface area contributed by atoms with Gasteiger partial charge in [-0.2, -0.15) is 0 Å². The van der Waals surface area contributed by atoms with Crippen molar-refractivity contribution in [2.24, 2.45) is 0 Å². The van der Waals surface area contributed by atoms with Crippen LogP contribution in [0.3, 0.4) is 0 Å². The Morgan fingerprint density at radius 2 is 1.89 bits per heavy atom. The van der Waals surface area contributed by atoms with E-state index in [-0.39, 0.29) is 0 Å². The second-order valence-corrected chi connectivity index (χ2v) is 4.96. The molecule has 98 valence electrons. The molecule has 0 saturated heterocycles. The minimum Gasteiger partial charge on any atom is -0.439 e. The van der Waals surface area contributed by atoms with E-state index in [4.69, 9.17) is 4.74 Å². The fraction of sp³-hybridized carbons (Fsp3) is 0.333. The average Bonchev–Trinajstić information content (AvgIpc) is 2.38. The van der Waals surface area contributed by atoms with Gasteiger partial charge >= 0.3 is 0 Å². The molecular weight excluding hydrogens is 238 g/mol. The van der Waals surface area contributed by atoms with E-state index in [1.165, 1.54) is 11.1 Å². The maximum atomic E-state index is 5.95. The van der Waals surface area contributed by atoms with Crippen LogP contribution in [0.15, 0.2) is 24.5 Å². The van der Waals surface area contributed by atoms with E-state index in [9.17, 15) is 0 Å². The maximum absolute atomic E-state index is 5.95. The van der Waals surface area contributed by atoms with Crippen LogP contribution in [0.1, 0.15) is 22.4 Å². The number of ether oxygens (including phenoxy) is 1. The smallest absolute Gasteiger partial charge is 0.227 e. The van der Waals surface area contributed by atoms with Gasteiger partial charge in [-0.3, -0.25) is 0 Å². The summed E-state index contributed by atoms with van der Waals surface area (Å²) < 4.78 is 5.95. The summed E-state index contributed by atoms with van der Waals surface area (Å²) in [7, 11) is 0. The average molecular weight is 255 g/mol. The summed E-state index contributed by atoms with van der Waals surface area (Å²) in [4.78, 5) is 8.60. The van der Waals surface area contributed by atoms with Gasteiger partial charge in [0.1, 0.15) is 12.1 Å². The highest BCUT2D eigenvalue weighted by molar-refractivity contribution is 5.39. The molecule has 19 heavy (non-hydrogen) atoms. The van der Waals surface area contributed by atoms with Crippen molar-refractivity contribution in [3.8, 4) is 11.6 Å². The summed E-state index contributed by atoms with van der Waals surface area (Å²) in [6.45, 7) is 5.87. The van der Waals surface area contributed by atoms with Crippen molar-refractivity contribution in [3.63, 3.8) is 0 Å². The lowest BCUT2D eigenvalue weighted by atomic mass is 10.1. The molecule has 1 aliphatic heterocycles. The molecule has 1 aromatic carbocycles. The number of fused-ring (bicyclic) bond motifs is 1. The zero-order valence-electron chi connectivity index (χ0n) is 11.2. The number of nitrogens with zero attached hydrogens (tertiary/aromatic N) is 2. The Morgan fingerprint density at radius 1 is 1.11 bits per heavy atom. The minimum atomic E-state index is 0.669. The summed E-state index contributed by atoms with van der Waals surface area (Å²) in [5.41, 5.74) is 4.55. The highest BCUT2D eigenvalue weighted by atomic mass is 16.5. The normalized spacial score (nSPS) is 14.0. The summed E-state index contributed by atoms with van der Waals surface area (Å²) in [6.07, 6.45) is 2.52. The van der Waals surface area contributed by atoms with Crippen LogP contribution in [0.4, 0.5) is 0 Å². The number of aryl methyl sites for hydroxylation is 2. The molecule has 1 N–H and O–H groups in total. The number of aromatic nitrogens is 2. The lowest BCUT2D eigenvalue weighted by Crippen LogP contribution is -2.25. The molecule has 0 amide bonds. The third kappa shape index (κ3) is 2.58. The fourth-order valence-electron chi connectivity index (χ4n) is 2.43. The van der Waals surface area contributed by atoms with Crippen LogP contribution in [-0.4, -0.2) is 16.5 Å². The highest BCUT2D eigenvalue weighted by Crippen LogP contribution is 2.27. The molecule has 0 atom stereocenters. The van der Waals surface area contributed by atoms with Crippen molar-refractivity contribution in [1.29, 1.82) is 0 Å². The molecule has 0 saturated carbocycles. The van der Waals surface area contributed by atoms with Gasteiger partial charge in [-0.15, -0.1) is 0 Å². The van der Waals surface area contributed by atoms with Crippen LogP contribution < -0.4 is 10.1 Å². The molecule has 0 aliphatic carbocycles. The number of rotatable bonds is 2. The van der Waals surface area contributed by atoms with Gasteiger partial charge in [0, 0.05) is 19.5 Å². The number of hydrogen-bond acceptors (Lipinski definition) is 4. The van der Waals surface area contributed by atoms with E-state index >= 15 is 0 Å². The van der Waals surface area contributed by atoms with E-state index in [1.54, 1.807) is 6.33 Å². The van der Waals surface area contributed by atoms with Gasteiger partial charge in [-0.25, -0.2) is 9.97 Å². The van der Waals surface area contributed by atoms with E-state index in [0.717, 1.165) is 36.5 Å². The van der Waals surface area contributed by atoms with E-state index in [2.05, 4.69) is 35.2 Å². The lowest BCUT2D eigenvalue weighted by Gasteiger charge is -2.18. The molecule has 2 aromatic rings. The summed E-state index contributed by atoms with van der Waals surface area (Å²) >= 11 is 0. The molecular formula is C15H17N3O. The fourth-order valence-corrected chi connectivity index (χ4v) is 2.43. The van der Waals surface area contributed by atoms with Gasteiger partial charge in [0.2, 0.25) is 5.88 Å². The van der Waals surface area contributed by atoms with Gasteiger partial charge in [-0.1, -0.05) is 6.07 Å². The Labute approximate surface area is 112 Å². The standard InChI is InChI=1S/C15H17N3O/c1-10-5-11(2)7-12(6-10)19-15-13-8-16-4-3-14(13)17-9-18-15/h5-7,9,16H,3-4,8H2,1-2H3. The molecule has 4 nitrogen and oxygen atoms in total. The van der Waals surface area contributed by atoms with Crippen LogP contribution in [0.2, 0.25) is 0 Å². The number of nitrogens with one attached hydrogen (secondary N) is 1. The van der Waals surface area contributed by atoms with Crippen molar-refractivity contribution in [2.75, 3.05) is 6.54 Å². The van der Waals surface area contributed by atoms with Crippen LogP contribution in [0, 0.1) is 13.8 Å². The molecule has 0 radical (unpaired) electrons. The van der Waals surface area contributed by atoms with Gasteiger partial charge in [0.05, 0.1) is 11.3 Å². The van der Waals surface area contributed by atoms with Crippen molar-refractivity contribution in [2.45, 2.75) is 26.8 Å². The second-order valence-electron chi connectivity index (χ2n) is 4.96. The molecule has 0 fully saturated rings. The minimum absolute atomic E-state index is 0.669. The number of benzene rings is 1. The van der Waals surface area contributed by atoms with Crippen molar-refractivity contribution < 1.29 is 4.74 Å². The van der Waals surface area contributed by atoms with Gasteiger partial charge in [-0.05, 0) is 37.1 Å². The van der Waals surface area contributed by atoms with Crippen LogP contribution >= 0.6 is 0 Å². The third-order valence-electron chi connectivity index (χ3n) is 3.25. The maximum Gasteiger partial charge on any atom is 0.227 e. The molecule has 1 aromatic heterocycles. The molecule has 3 rings (SSSR count). The summed E-state index contributed by atoms with van der Waals surface area (Å²) in [5.74, 6) is 1.51.